The van der Waals surface area contributed by atoms with Crippen LogP contribution in [0, 0.1) is 16.7 Å². The first-order valence-electron chi connectivity index (χ1n) is 10.6. The third-order valence-electron chi connectivity index (χ3n) is 6.21. The number of nitrogens with two attached hydrogens (primary N) is 1. The molecule has 0 saturated carbocycles. The lowest BCUT2D eigenvalue weighted by Gasteiger charge is -2.43. The molecule has 1 aliphatic heterocycles. The zero-order chi connectivity index (χ0) is 23.9. The van der Waals surface area contributed by atoms with Gasteiger partial charge >= 0.3 is 0 Å². The number of carbonyl (C=O) groups excluding carboxylic acids is 1. The van der Waals surface area contributed by atoms with Crippen LogP contribution >= 0.6 is 11.6 Å². The van der Waals surface area contributed by atoms with Crippen LogP contribution in [0.1, 0.15) is 38.2 Å². The van der Waals surface area contributed by atoms with Crippen LogP contribution in [0.3, 0.4) is 0 Å². The number of carbonyl (C=O) groups is 1. The van der Waals surface area contributed by atoms with Crippen molar-refractivity contribution in [3.05, 3.63) is 75.7 Å². The van der Waals surface area contributed by atoms with E-state index in [1.54, 1.807) is 32.4 Å². The number of nitrogens with zero attached hydrogens (tertiary/aromatic N) is 2. The summed E-state index contributed by atoms with van der Waals surface area (Å²) >= 11 is 6.10. The van der Waals surface area contributed by atoms with Gasteiger partial charge in [0.1, 0.15) is 5.82 Å². The van der Waals surface area contributed by atoms with Gasteiger partial charge in [-0.3, -0.25) is 9.69 Å². The highest BCUT2D eigenvalue weighted by Crippen LogP contribution is 2.50. The number of rotatable bonds is 4. The van der Waals surface area contributed by atoms with Gasteiger partial charge in [0.2, 0.25) is 0 Å². The van der Waals surface area contributed by atoms with Crippen molar-refractivity contribution in [2.24, 2.45) is 11.1 Å². The second kappa shape index (κ2) is 8.49. The highest BCUT2D eigenvalue weighted by molar-refractivity contribution is 6.30. The van der Waals surface area contributed by atoms with Crippen molar-refractivity contribution in [1.29, 1.82) is 5.26 Å². The van der Waals surface area contributed by atoms with Crippen LogP contribution in [-0.2, 0) is 4.79 Å². The monoisotopic (exact) mass is 463 g/mol. The summed E-state index contributed by atoms with van der Waals surface area (Å²) in [5, 5.41) is 10.8. The summed E-state index contributed by atoms with van der Waals surface area (Å²) in [6.07, 6.45) is 1.03. The predicted molar refractivity (Wildman–Crippen MR) is 128 cm³/mol. The lowest BCUT2D eigenvalue weighted by Crippen LogP contribution is -2.42. The van der Waals surface area contributed by atoms with E-state index in [0.29, 0.717) is 46.3 Å². The molecule has 0 saturated heterocycles. The molecular weight excluding hydrogens is 438 g/mol. The molecule has 0 radical (unpaired) electrons. The van der Waals surface area contributed by atoms with Crippen molar-refractivity contribution < 1.29 is 14.3 Å². The van der Waals surface area contributed by atoms with E-state index in [9.17, 15) is 10.1 Å². The number of methoxy groups -OCH3 is 2. The maximum atomic E-state index is 13.6. The Bertz CT molecular complexity index is 1220. The molecule has 0 bridgehead atoms. The average molecular weight is 464 g/mol. The minimum absolute atomic E-state index is 0.0141. The van der Waals surface area contributed by atoms with Crippen LogP contribution in [0.25, 0.3) is 0 Å². The van der Waals surface area contributed by atoms with E-state index in [-0.39, 0.29) is 11.2 Å². The van der Waals surface area contributed by atoms with Crippen LogP contribution in [0.15, 0.2) is 65.1 Å². The van der Waals surface area contributed by atoms with Crippen molar-refractivity contribution in [2.45, 2.75) is 32.6 Å². The van der Waals surface area contributed by atoms with Crippen LogP contribution in [0.5, 0.6) is 11.5 Å². The molecule has 7 heteroatoms. The molecular formula is C26H26ClN3O3. The standard InChI is InChI=1S/C26H26ClN3O3/c1-26(2)12-19-24(20(31)13-26)23(15-5-10-21(32-3)22(11-15)33-4)18(14-28)25(29)30(19)17-8-6-16(27)7-9-17/h5-11,23H,12-13,29H2,1-4H3. The first-order valence-corrected chi connectivity index (χ1v) is 11.0. The van der Waals surface area contributed by atoms with Crippen LogP contribution < -0.4 is 20.1 Å². The molecule has 0 fully saturated rings. The summed E-state index contributed by atoms with van der Waals surface area (Å²) in [5.74, 6) is 0.832. The molecule has 2 aromatic carbocycles. The molecule has 6 nitrogen and oxygen atoms in total. The number of hydrogen-bond acceptors (Lipinski definition) is 6. The van der Waals surface area contributed by atoms with Gasteiger partial charge in [0, 0.05) is 28.4 Å². The Morgan fingerprint density at radius 2 is 1.76 bits per heavy atom. The Labute approximate surface area is 198 Å². The van der Waals surface area contributed by atoms with Gasteiger partial charge in [0.15, 0.2) is 17.3 Å². The molecule has 2 aromatic rings. The normalized spacial score (nSPS) is 19.8. The highest BCUT2D eigenvalue weighted by Gasteiger charge is 2.44. The molecule has 0 amide bonds. The number of anilines is 1. The molecule has 1 aliphatic carbocycles. The van der Waals surface area contributed by atoms with E-state index in [4.69, 9.17) is 26.8 Å². The summed E-state index contributed by atoms with van der Waals surface area (Å²) in [6, 6.07) is 15.0. The number of Topliss-reactive ketones (excluding diaryl/α,β-unsaturated/α-hetero) is 1. The van der Waals surface area contributed by atoms with Crippen LogP contribution in [0.2, 0.25) is 5.02 Å². The summed E-state index contributed by atoms with van der Waals surface area (Å²) < 4.78 is 10.8. The number of nitriles is 1. The molecule has 1 atom stereocenters. The average Bonchev–Trinajstić information content (AvgIpc) is 2.78. The van der Waals surface area contributed by atoms with Gasteiger partial charge in [-0.2, -0.15) is 5.26 Å². The summed E-state index contributed by atoms with van der Waals surface area (Å²) in [4.78, 5) is 15.4. The van der Waals surface area contributed by atoms with E-state index >= 15 is 0 Å². The Morgan fingerprint density at radius 3 is 2.36 bits per heavy atom. The first-order chi connectivity index (χ1) is 15.7. The van der Waals surface area contributed by atoms with E-state index in [0.717, 1.165) is 16.9 Å². The summed E-state index contributed by atoms with van der Waals surface area (Å²) in [5.41, 5.74) is 9.65. The van der Waals surface area contributed by atoms with E-state index in [1.807, 2.05) is 29.2 Å². The highest BCUT2D eigenvalue weighted by atomic mass is 35.5. The number of hydrogen-bond donors (Lipinski definition) is 1. The quantitative estimate of drug-likeness (QED) is 0.662. The van der Waals surface area contributed by atoms with Crippen molar-refractivity contribution in [1.82, 2.24) is 0 Å². The molecule has 4 rings (SSSR count). The zero-order valence-electron chi connectivity index (χ0n) is 19.1. The minimum Gasteiger partial charge on any atom is -0.493 e. The molecule has 170 valence electrons. The first kappa shape index (κ1) is 22.8. The van der Waals surface area contributed by atoms with Crippen molar-refractivity contribution in [3.63, 3.8) is 0 Å². The zero-order valence-corrected chi connectivity index (χ0v) is 19.9. The van der Waals surface area contributed by atoms with E-state index < -0.39 is 5.92 Å². The fourth-order valence-electron chi connectivity index (χ4n) is 4.76. The van der Waals surface area contributed by atoms with Crippen LogP contribution in [-0.4, -0.2) is 20.0 Å². The Kier molecular flexibility index (Phi) is 5.85. The number of halogens is 1. The summed E-state index contributed by atoms with van der Waals surface area (Å²) in [7, 11) is 3.12. The number of ketones is 1. The molecule has 1 unspecified atom stereocenters. The largest absolute Gasteiger partial charge is 0.493 e. The van der Waals surface area contributed by atoms with Gasteiger partial charge in [0.25, 0.3) is 0 Å². The summed E-state index contributed by atoms with van der Waals surface area (Å²) in [6.45, 7) is 4.14. The van der Waals surface area contributed by atoms with Crippen LogP contribution in [0.4, 0.5) is 5.69 Å². The maximum absolute atomic E-state index is 13.6. The van der Waals surface area contributed by atoms with Gasteiger partial charge in [-0.15, -0.1) is 0 Å². The van der Waals surface area contributed by atoms with E-state index in [1.165, 1.54) is 0 Å². The van der Waals surface area contributed by atoms with Gasteiger partial charge in [0.05, 0.1) is 31.8 Å². The van der Waals surface area contributed by atoms with Crippen molar-refractivity contribution in [2.75, 3.05) is 19.1 Å². The Balaban J connectivity index is 1.98. The number of ether oxygens (including phenoxy) is 2. The Hall–Kier alpha value is -3.43. The third kappa shape index (κ3) is 3.94. The number of benzene rings is 2. The van der Waals surface area contributed by atoms with Gasteiger partial charge in [-0.1, -0.05) is 31.5 Å². The molecule has 2 N–H and O–H groups in total. The fraction of sp³-hybridized carbons (Fsp3) is 0.308. The van der Waals surface area contributed by atoms with Crippen molar-refractivity contribution >= 4 is 23.1 Å². The molecule has 0 aromatic heterocycles. The minimum atomic E-state index is -0.586. The lowest BCUT2D eigenvalue weighted by atomic mass is 9.68. The smallest absolute Gasteiger partial charge is 0.162 e. The SMILES string of the molecule is COc1ccc(C2C(C#N)=C(N)N(c3ccc(Cl)cc3)C3=C2C(=O)CC(C)(C)C3)cc1OC. The second-order valence-corrected chi connectivity index (χ2v) is 9.51. The predicted octanol–water partition coefficient (Wildman–Crippen LogP) is 5.30. The van der Waals surface area contributed by atoms with Gasteiger partial charge < -0.3 is 15.2 Å². The van der Waals surface area contributed by atoms with Crippen molar-refractivity contribution in [3.8, 4) is 17.6 Å². The molecule has 2 aliphatic rings. The topological polar surface area (TPSA) is 88.6 Å². The molecule has 33 heavy (non-hydrogen) atoms. The second-order valence-electron chi connectivity index (χ2n) is 9.07. The fourth-order valence-corrected chi connectivity index (χ4v) is 4.89. The lowest BCUT2D eigenvalue weighted by molar-refractivity contribution is -0.118. The number of allylic oxidation sites excluding steroid dienone is 3. The van der Waals surface area contributed by atoms with Gasteiger partial charge in [-0.05, 0) is 53.8 Å². The third-order valence-corrected chi connectivity index (χ3v) is 6.46. The Morgan fingerprint density at radius 1 is 1.09 bits per heavy atom. The van der Waals surface area contributed by atoms with E-state index in [2.05, 4.69) is 19.9 Å². The maximum Gasteiger partial charge on any atom is 0.162 e. The molecule has 1 heterocycles. The molecule has 0 spiro atoms. The van der Waals surface area contributed by atoms with Gasteiger partial charge in [-0.25, -0.2) is 0 Å².